The zero-order valence-corrected chi connectivity index (χ0v) is 9.85. The third-order valence-electron chi connectivity index (χ3n) is 2.20. The summed E-state index contributed by atoms with van der Waals surface area (Å²) >= 11 is 0. The van der Waals surface area contributed by atoms with Crippen LogP contribution < -0.4 is 5.73 Å². The Morgan fingerprint density at radius 1 is 1.35 bits per heavy atom. The fourth-order valence-electron chi connectivity index (χ4n) is 1.27. The summed E-state index contributed by atoms with van der Waals surface area (Å²) < 4.78 is 59.1. The van der Waals surface area contributed by atoms with Gasteiger partial charge in [0.15, 0.2) is 9.84 Å². The van der Waals surface area contributed by atoms with Crippen LogP contribution in [0.25, 0.3) is 0 Å². The van der Waals surface area contributed by atoms with Gasteiger partial charge in [0.2, 0.25) is 0 Å². The van der Waals surface area contributed by atoms with E-state index in [9.17, 15) is 21.6 Å². The van der Waals surface area contributed by atoms with Crippen molar-refractivity contribution >= 4 is 9.84 Å². The van der Waals surface area contributed by atoms with Crippen LogP contribution in [0.3, 0.4) is 0 Å². The Balaban J connectivity index is 2.95. The summed E-state index contributed by atoms with van der Waals surface area (Å²) in [7, 11) is -3.42. The highest BCUT2D eigenvalue weighted by Crippen LogP contribution is 2.22. The molecule has 1 rings (SSSR count). The molecule has 0 fully saturated rings. The first kappa shape index (κ1) is 14.0. The highest BCUT2D eigenvalue weighted by atomic mass is 32.2. The molecule has 17 heavy (non-hydrogen) atoms. The van der Waals surface area contributed by atoms with E-state index in [2.05, 4.69) is 0 Å². The molecule has 0 bridgehead atoms. The maximum atomic E-state index is 12.2. The van der Waals surface area contributed by atoms with Crippen LogP contribution in [0.4, 0.5) is 13.2 Å². The number of nitrogens with two attached hydrogens (primary N) is 1. The second-order valence-corrected chi connectivity index (χ2v) is 5.79. The van der Waals surface area contributed by atoms with Gasteiger partial charge >= 0.3 is 6.18 Å². The van der Waals surface area contributed by atoms with E-state index in [4.69, 9.17) is 5.73 Å². The van der Waals surface area contributed by atoms with E-state index in [-0.39, 0.29) is 10.5 Å². The SMILES string of the molecule is CS(=O)(=O)c1cccc(CC(N)C(F)(F)F)c1. The molecule has 0 saturated heterocycles. The number of halogens is 3. The maximum Gasteiger partial charge on any atom is 0.403 e. The Bertz CT molecular complexity index is 497. The molecular weight excluding hydrogens is 255 g/mol. The van der Waals surface area contributed by atoms with Gasteiger partial charge in [-0.1, -0.05) is 12.1 Å². The van der Waals surface area contributed by atoms with Crippen LogP contribution in [0.5, 0.6) is 0 Å². The third kappa shape index (κ3) is 4.01. The van der Waals surface area contributed by atoms with Crippen LogP contribution >= 0.6 is 0 Å². The smallest absolute Gasteiger partial charge is 0.320 e. The quantitative estimate of drug-likeness (QED) is 0.903. The van der Waals surface area contributed by atoms with Gasteiger partial charge in [-0.25, -0.2) is 8.42 Å². The first-order chi connectivity index (χ1) is 7.60. The predicted octanol–water partition coefficient (Wildman–Crippen LogP) is 1.52. The first-order valence-electron chi connectivity index (χ1n) is 4.72. The van der Waals surface area contributed by atoms with Crippen LogP contribution in [-0.2, 0) is 16.3 Å². The van der Waals surface area contributed by atoms with E-state index in [1.165, 1.54) is 24.3 Å². The molecular formula is C10H12F3NO2S. The molecule has 1 unspecified atom stereocenters. The Kier molecular flexibility index (Phi) is 3.83. The molecule has 0 aromatic heterocycles. The van der Waals surface area contributed by atoms with Crippen molar-refractivity contribution in [2.45, 2.75) is 23.5 Å². The van der Waals surface area contributed by atoms with Gasteiger partial charge < -0.3 is 5.73 Å². The molecule has 0 saturated carbocycles. The van der Waals surface area contributed by atoms with Gasteiger partial charge in [0.25, 0.3) is 0 Å². The third-order valence-corrected chi connectivity index (χ3v) is 3.31. The van der Waals surface area contributed by atoms with Crippen molar-refractivity contribution in [1.82, 2.24) is 0 Å². The lowest BCUT2D eigenvalue weighted by Gasteiger charge is -2.15. The van der Waals surface area contributed by atoms with E-state index in [1.54, 1.807) is 0 Å². The molecule has 3 nitrogen and oxygen atoms in total. The fraction of sp³-hybridized carbons (Fsp3) is 0.400. The van der Waals surface area contributed by atoms with Gasteiger partial charge in [-0.15, -0.1) is 0 Å². The van der Waals surface area contributed by atoms with Crippen LogP contribution in [0.2, 0.25) is 0 Å². The number of hydrogen-bond donors (Lipinski definition) is 1. The summed E-state index contributed by atoms with van der Waals surface area (Å²) in [6.45, 7) is 0. The van der Waals surface area contributed by atoms with Crippen molar-refractivity contribution in [2.75, 3.05) is 6.26 Å². The summed E-state index contributed by atoms with van der Waals surface area (Å²) in [5, 5.41) is 0. The Hall–Kier alpha value is -1.08. The van der Waals surface area contributed by atoms with Crippen LogP contribution in [0.1, 0.15) is 5.56 Å². The molecule has 0 spiro atoms. The number of rotatable bonds is 3. The van der Waals surface area contributed by atoms with Gasteiger partial charge in [-0.3, -0.25) is 0 Å². The topological polar surface area (TPSA) is 60.2 Å². The fourth-order valence-corrected chi connectivity index (χ4v) is 1.96. The lowest BCUT2D eigenvalue weighted by atomic mass is 10.1. The van der Waals surface area contributed by atoms with Gasteiger partial charge in [-0.05, 0) is 24.1 Å². The highest BCUT2D eigenvalue weighted by Gasteiger charge is 2.36. The zero-order valence-electron chi connectivity index (χ0n) is 9.03. The number of benzene rings is 1. The van der Waals surface area contributed by atoms with E-state index in [0.29, 0.717) is 0 Å². The summed E-state index contributed by atoms with van der Waals surface area (Å²) in [6.07, 6.45) is -3.93. The molecule has 1 atom stereocenters. The molecule has 1 aromatic carbocycles. The number of alkyl halides is 3. The highest BCUT2D eigenvalue weighted by molar-refractivity contribution is 7.90. The summed E-state index contributed by atoms with van der Waals surface area (Å²) in [5.41, 5.74) is 5.22. The van der Waals surface area contributed by atoms with Crippen molar-refractivity contribution in [1.29, 1.82) is 0 Å². The molecule has 0 aliphatic heterocycles. The monoisotopic (exact) mass is 267 g/mol. The zero-order chi connectivity index (χ0) is 13.3. The van der Waals surface area contributed by atoms with Crippen molar-refractivity contribution in [3.05, 3.63) is 29.8 Å². The lowest BCUT2D eigenvalue weighted by molar-refractivity contribution is -0.147. The van der Waals surface area contributed by atoms with E-state index in [0.717, 1.165) is 6.26 Å². The van der Waals surface area contributed by atoms with Crippen molar-refractivity contribution in [3.8, 4) is 0 Å². The van der Waals surface area contributed by atoms with E-state index in [1.807, 2.05) is 0 Å². The molecule has 2 N–H and O–H groups in total. The molecule has 0 amide bonds. The molecule has 7 heteroatoms. The Labute approximate surface area is 97.4 Å². The molecule has 1 aromatic rings. The van der Waals surface area contributed by atoms with Crippen molar-refractivity contribution in [2.24, 2.45) is 5.73 Å². The minimum absolute atomic E-state index is 0.00984. The van der Waals surface area contributed by atoms with Gasteiger partial charge in [0, 0.05) is 6.26 Å². The molecule has 96 valence electrons. The Morgan fingerprint density at radius 2 is 1.94 bits per heavy atom. The van der Waals surface area contributed by atoms with Gasteiger partial charge in [0.05, 0.1) is 4.90 Å². The molecule has 0 heterocycles. The molecule has 0 aliphatic rings. The number of sulfone groups is 1. The average Bonchev–Trinajstić information content (AvgIpc) is 2.15. The van der Waals surface area contributed by atoms with Crippen molar-refractivity contribution in [3.63, 3.8) is 0 Å². The van der Waals surface area contributed by atoms with E-state index < -0.39 is 28.5 Å². The second-order valence-electron chi connectivity index (χ2n) is 3.77. The van der Waals surface area contributed by atoms with Crippen LogP contribution in [-0.4, -0.2) is 26.9 Å². The maximum absolute atomic E-state index is 12.2. The summed E-state index contributed by atoms with van der Waals surface area (Å²) in [4.78, 5) is -0.00984. The van der Waals surface area contributed by atoms with Gasteiger partial charge in [0.1, 0.15) is 6.04 Å². The average molecular weight is 267 g/mol. The van der Waals surface area contributed by atoms with Crippen LogP contribution in [0.15, 0.2) is 29.2 Å². The predicted molar refractivity (Wildman–Crippen MR) is 57.3 cm³/mol. The molecule has 0 radical (unpaired) electrons. The van der Waals surface area contributed by atoms with E-state index >= 15 is 0 Å². The normalized spacial score (nSPS) is 14.6. The minimum atomic E-state index is -4.49. The van der Waals surface area contributed by atoms with Crippen LogP contribution in [0, 0.1) is 0 Å². The van der Waals surface area contributed by atoms with Gasteiger partial charge in [-0.2, -0.15) is 13.2 Å². The Morgan fingerprint density at radius 3 is 2.41 bits per heavy atom. The minimum Gasteiger partial charge on any atom is -0.320 e. The summed E-state index contributed by atoms with van der Waals surface area (Å²) in [6, 6.07) is 3.37. The first-order valence-corrected chi connectivity index (χ1v) is 6.61. The summed E-state index contributed by atoms with van der Waals surface area (Å²) in [5.74, 6) is 0. The second kappa shape index (κ2) is 4.66. The number of hydrogen-bond acceptors (Lipinski definition) is 3. The standard InChI is InChI=1S/C10H12F3NO2S/c1-17(15,16)8-4-2-3-7(5-8)6-9(14)10(11,12)13/h2-5,9H,6,14H2,1H3. The molecule has 0 aliphatic carbocycles. The lowest BCUT2D eigenvalue weighted by Crippen LogP contribution is -2.39. The van der Waals surface area contributed by atoms with Crippen molar-refractivity contribution < 1.29 is 21.6 Å². The largest absolute Gasteiger partial charge is 0.403 e.